The largest absolute Gasteiger partial charge is 0.382 e. The standard InChI is InChI=1S/C16H24N4O2/c1-22-14-9-13(10-19-7-6-15(17)18-19)20(11-14)16(21)8-12-4-2-3-5-12/h6-8,13-14H,2-5,9-11H2,1H3,(H2,17,18)/t13-,14+/m0/s1. The molecule has 0 spiro atoms. The first kappa shape index (κ1) is 15.1. The van der Waals surface area contributed by atoms with Crippen LogP contribution in [0.2, 0.25) is 0 Å². The Labute approximate surface area is 130 Å². The van der Waals surface area contributed by atoms with Gasteiger partial charge in [0.05, 0.1) is 18.7 Å². The Morgan fingerprint density at radius 3 is 2.91 bits per heavy atom. The number of rotatable bonds is 4. The molecule has 6 nitrogen and oxygen atoms in total. The molecule has 1 aromatic heterocycles. The summed E-state index contributed by atoms with van der Waals surface area (Å²) >= 11 is 0. The second kappa shape index (κ2) is 6.52. The molecule has 0 bridgehead atoms. The SMILES string of the molecule is CO[C@@H]1C[C@@H](Cn2ccc(N)n2)N(C(=O)C=C2CCCC2)C1. The van der Waals surface area contributed by atoms with Crippen molar-refractivity contribution in [3.8, 4) is 0 Å². The zero-order valence-corrected chi connectivity index (χ0v) is 13.1. The normalized spacial score (nSPS) is 25.0. The number of aromatic nitrogens is 2. The highest BCUT2D eigenvalue weighted by atomic mass is 16.5. The second-order valence-electron chi connectivity index (χ2n) is 6.21. The van der Waals surface area contributed by atoms with Crippen LogP contribution in [0.5, 0.6) is 0 Å². The van der Waals surface area contributed by atoms with Crippen LogP contribution in [0.4, 0.5) is 5.82 Å². The van der Waals surface area contributed by atoms with E-state index < -0.39 is 0 Å². The van der Waals surface area contributed by atoms with Gasteiger partial charge in [0.15, 0.2) is 0 Å². The highest BCUT2D eigenvalue weighted by molar-refractivity contribution is 5.89. The minimum atomic E-state index is 0.101. The predicted octanol–water partition coefficient (Wildman–Crippen LogP) is 1.58. The summed E-state index contributed by atoms with van der Waals surface area (Å²) in [5.74, 6) is 0.619. The number of methoxy groups -OCH3 is 1. The van der Waals surface area contributed by atoms with Crippen molar-refractivity contribution in [1.29, 1.82) is 0 Å². The molecule has 120 valence electrons. The Bertz CT molecular complexity index is 558. The molecule has 22 heavy (non-hydrogen) atoms. The molecule has 2 fully saturated rings. The first-order valence-corrected chi connectivity index (χ1v) is 7.97. The van der Waals surface area contributed by atoms with Crippen LogP contribution in [0, 0.1) is 0 Å². The van der Waals surface area contributed by atoms with E-state index in [2.05, 4.69) is 5.10 Å². The molecule has 2 aliphatic rings. The van der Waals surface area contributed by atoms with Crippen LogP contribution in [-0.4, -0.2) is 46.4 Å². The summed E-state index contributed by atoms with van der Waals surface area (Å²) < 4.78 is 7.27. The quantitative estimate of drug-likeness (QED) is 0.857. The predicted molar refractivity (Wildman–Crippen MR) is 84.1 cm³/mol. The summed E-state index contributed by atoms with van der Waals surface area (Å²) in [7, 11) is 1.71. The molecule has 1 amide bonds. The number of hydrogen-bond acceptors (Lipinski definition) is 4. The number of anilines is 1. The van der Waals surface area contributed by atoms with Gasteiger partial charge in [-0.15, -0.1) is 0 Å². The first-order chi connectivity index (χ1) is 10.7. The third-order valence-electron chi connectivity index (χ3n) is 4.62. The van der Waals surface area contributed by atoms with E-state index in [4.69, 9.17) is 10.5 Å². The van der Waals surface area contributed by atoms with Crippen molar-refractivity contribution < 1.29 is 9.53 Å². The molecule has 3 rings (SSSR count). The average molecular weight is 304 g/mol. The van der Waals surface area contributed by atoms with Gasteiger partial charge in [0, 0.05) is 25.9 Å². The minimum absolute atomic E-state index is 0.101. The van der Waals surface area contributed by atoms with E-state index in [1.54, 1.807) is 17.9 Å². The Morgan fingerprint density at radius 2 is 2.27 bits per heavy atom. The summed E-state index contributed by atoms with van der Waals surface area (Å²) in [5.41, 5.74) is 6.95. The van der Waals surface area contributed by atoms with Crippen LogP contribution in [0.1, 0.15) is 32.1 Å². The number of carbonyl (C=O) groups excluding carboxylic acids is 1. The lowest BCUT2D eigenvalue weighted by Gasteiger charge is -2.23. The van der Waals surface area contributed by atoms with E-state index in [9.17, 15) is 4.79 Å². The summed E-state index contributed by atoms with van der Waals surface area (Å²) in [6.45, 7) is 1.31. The maximum absolute atomic E-state index is 12.6. The lowest BCUT2D eigenvalue weighted by molar-refractivity contribution is -0.127. The highest BCUT2D eigenvalue weighted by Crippen LogP contribution is 2.26. The fraction of sp³-hybridized carbons (Fsp3) is 0.625. The summed E-state index contributed by atoms with van der Waals surface area (Å²) in [5, 5.41) is 4.22. The molecule has 0 unspecified atom stereocenters. The van der Waals surface area contributed by atoms with E-state index in [0.29, 0.717) is 18.9 Å². The van der Waals surface area contributed by atoms with Crippen LogP contribution in [0.15, 0.2) is 23.9 Å². The molecule has 2 atom stereocenters. The first-order valence-electron chi connectivity index (χ1n) is 7.97. The minimum Gasteiger partial charge on any atom is -0.382 e. The molecule has 2 N–H and O–H groups in total. The molecule has 1 saturated carbocycles. The molecular weight excluding hydrogens is 280 g/mol. The van der Waals surface area contributed by atoms with Crippen molar-refractivity contribution in [1.82, 2.24) is 14.7 Å². The average Bonchev–Trinajstić information content (AvgIpc) is 3.21. The van der Waals surface area contributed by atoms with Gasteiger partial charge in [-0.3, -0.25) is 9.48 Å². The molecule has 1 aliphatic carbocycles. The third-order valence-corrected chi connectivity index (χ3v) is 4.62. The highest BCUT2D eigenvalue weighted by Gasteiger charge is 2.35. The Morgan fingerprint density at radius 1 is 1.50 bits per heavy atom. The second-order valence-corrected chi connectivity index (χ2v) is 6.21. The van der Waals surface area contributed by atoms with Crippen LogP contribution in [0.25, 0.3) is 0 Å². The van der Waals surface area contributed by atoms with Crippen molar-refractivity contribution in [3.05, 3.63) is 23.9 Å². The van der Waals surface area contributed by atoms with Gasteiger partial charge in [-0.25, -0.2) is 0 Å². The van der Waals surface area contributed by atoms with Crippen LogP contribution in [-0.2, 0) is 16.1 Å². The number of allylic oxidation sites excluding steroid dienone is 1. The van der Waals surface area contributed by atoms with Crippen LogP contribution in [0.3, 0.4) is 0 Å². The number of carbonyl (C=O) groups is 1. The van der Waals surface area contributed by atoms with Gasteiger partial charge in [-0.2, -0.15) is 5.10 Å². The number of nitrogen functional groups attached to an aromatic ring is 1. The maximum Gasteiger partial charge on any atom is 0.246 e. The molecular formula is C16H24N4O2. The molecule has 0 aromatic carbocycles. The van der Waals surface area contributed by atoms with Crippen LogP contribution >= 0.6 is 0 Å². The van der Waals surface area contributed by atoms with E-state index in [1.165, 1.54) is 18.4 Å². The number of nitrogens with two attached hydrogens (primary N) is 1. The Balaban J connectivity index is 1.71. The lowest BCUT2D eigenvalue weighted by Crippen LogP contribution is -2.37. The zero-order valence-electron chi connectivity index (χ0n) is 13.1. The number of amides is 1. The fourth-order valence-corrected chi connectivity index (χ4v) is 3.41. The Kier molecular flexibility index (Phi) is 4.47. The van der Waals surface area contributed by atoms with Crippen molar-refractivity contribution >= 4 is 11.7 Å². The van der Waals surface area contributed by atoms with E-state index in [-0.39, 0.29) is 18.1 Å². The van der Waals surface area contributed by atoms with E-state index in [1.807, 2.05) is 17.2 Å². The maximum atomic E-state index is 12.6. The molecule has 1 aromatic rings. The number of nitrogens with zero attached hydrogens (tertiary/aromatic N) is 3. The zero-order chi connectivity index (χ0) is 15.5. The van der Waals surface area contributed by atoms with Crippen molar-refractivity contribution in [2.24, 2.45) is 0 Å². The molecule has 0 radical (unpaired) electrons. The fourth-order valence-electron chi connectivity index (χ4n) is 3.41. The van der Waals surface area contributed by atoms with Crippen molar-refractivity contribution in [2.45, 2.75) is 50.8 Å². The summed E-state index contributed by atoms with van der Waals surface area (Å²) in [6, 6.07) is 1.88. The molecule has 1 aliphatic heterocycles. The van der Waals surface area contributed by atoms with Gasteiger partial charge in [-0.05, 0) is 38.2 Å². The summed E-state index contributed by atoms with van der Waals surface area (Å²) in [6.07, 6.45) is 9.17. The molecule has 6 heteroatoms. The smallest absolute Gasteiger partial charge is 0.246 e. The van der Waals surface area contributed by atoms with Gasteiger partial charge in [0.25, 0.3) is 0 Å². The lowest BCUT2D eigenvalue weighted by atomic mass is 10.2. The van der Waals surface area contributed by atoms with Gasteiger partial charge >= 0.3 is 0 Å². The molecule has 1 saturated heterocycles. The van der Waals surface area contributed by atoms with Gasteiger partial charge in [-0.1, -0.05) is 5.57 Å². The third kappa shape index (κ3) is 3.32. The van der Waals surface area contributed by atoms with E-state index >= 15 is 0 Å². The van der Waals surface area contributed by atoms with Crippen molar-refractivity contribution in [3.63, 3.8) is 0 Å². The molecule has 2 heterocycles. The van der Waals surface area contributed by atoms with Gasteiger partial charge in [0.1, 0.15) is 5.82 Å². The topological polar surface area (TPSA) is 73.4 Å². The summed E-state index contributed by atoms with van der Waals surface area (Å²) in [4.78, 5) is 14.5. The van der Waals surface area contributed by atoms with E-state index in [0.717, 1.165) is 19.3 Å². The van der Waals surface area contributed by atoms with Gasteiger partial charge in [0.2, 0.25) is 5.91 Å². The van der Waals surface area contributed by atoms with Gasteiger partial charge < -0.3 is 15.4 Å². The number of ether oxygens (including phenoxy) is 1. The monoisotopic (exact) mass is 304 g/mol. The Hall–Kier alpha value is -1.82. The van der Waals surface area contributed by atoms with Crippen molar-refractivity contribution in [2.75, 3.05) is 19.4 Å². The van der Waals surface area contributed by atoms with Crippen LogP contribution < -0.4 is 5.73 Å². The number of likely N-dealkylation sites (tertiary alicyclic amines) is 1. The number of hydrogen-bond donors (Lipinski definition) is 1.